The number of nitrogens with zero attached hydrogens (tertiary/aromatic N) is 3. The predicted molar refractivity (Wildman–Crippen MR) is 73.0 cm³/mol. The van der Waals surface area contributed by atoms with Crippen LogP contribution in [0.25, 0.3) is 0 Å². The molecule has 0 saturated carbocycles. The molecule has 0 radical (unpaired) electrons. The summed E-state index contributed by atoms with van der Waals surface area (Å²) in [4.78, 5) is 10.2. The van der Waals surface area contributed by atoms with E-state index in [0.717, 1.165) is 0 Å². The number of sulfone groups is 1. The van der Waals surface area contributed by atoms with Crippen molar-refractivity contribution < 1.29 is 8.42 Å². The number of halogens is 1. The summed E-state index contributed by atoms with van der Waals surface area (Å²) in [5.41, 5.74) is 2.38. The smallest absolute Gasteiger partial charge is 0.239 e. The summed E-state index contributed by atoms with van der Waals surface area (Å²) < 4.78 is 23.8. The predicted octanol–water partition coefficient (Wildman–Crippen LogP) is 0.148. The Morgan fingerprint density at radius 3 is 2.94 bits per heavy atom. The highest BCUT2D eigenvalue weighted by molar-refractivity contribution is 9.10. The Labute approximate surface area is 114 Å². The third kappa shape index (κ3) is 2.73. The number of nitrogens with two attached hydrogens (primary N) is 1. The Morgan fingerprint density at radius 2 is 2.33 bits per heavy atom. The molecule has 1 atom stereocenters. The third-order valence-corrected chi connectivity index (χ3v) is 5.15. The topological polar surface area (TPSA) is 101 Å². The van der Waals surface area contributed by atoms with Gasteiger partial charge in [0, 0.05) is 18.8 Å². The molecule has 0 spiro atoms. The van der Waals surface area contributed by atoms with Gasteiger partial charge in [0.05, 0.1) is 16.0 Å². The minimum atomic E-state index is -2.94. The summed E-state index contributed by atoms with van der Waals surface area (Å²) in [5.74, 6) is 6.50. The van der Waals surface area contributed by atoms with E-state index in [-0.39, 0.29) is 17.5 Å². The van der Waals surface area contributed by atoms with Crippen molar-refractivity contribution in [3.05, 3.63) is 10.7 Å². The first-order valence-corrected chi connectivity index (χ1v) is 8.00. The molecule has 9 heteroatoms. The van der Waals surface area contributed by atoms with Crippen LogP contribution in [0.1, 0.15) is 6.92 Å². The molecule has 18 heavy (non-hydrogen) atoms. The summed E-state index contributed by atoms with van der Waals surface area (Å²) in [6.07, 6.45) is 1.59. The van der Waals surface area contributed by atoms with Crippen LogP contribution in [0.2, 0.25) is 0 Å². The van der Waals surface area contributed by atoms with Gasteiger partial charge in [-0.15, -0.1) is 0 Å². The number of hydrazine groups is 1. The minimum absolute atomic E-state index is 0.124. The van der Waals surface area contributed by atoms with Gasteiger partial charge in [0.1, 0.15) is 5.82 Å². The Balaban J connectivity index is 2.32. The lowest BCUT2D eigenvalue weighted by Gasteiger charge is -2.34. The molecule has 1 fully saturated rings. The maximum absolute atomic E-state index is 11.5. The average molecular weight is 336 g/mol. The molecule has 1 unspecified atom stereocenters. The van der Waals surface area contributed by atoms with E-state index in [4.69, 9.17) is 5.84 Å². The lowest BCUT2D eigenvalue weighted by atomic mass is 10.3. The summed E-state index contributed by atoms with van der Waals surface area (Å²) in [6.45, 7) is 2.28. The van der Waals surface area contributed by atoms with Crippen LogP contribution in [0.15, 0.2) is 10.7 Å². The standard InChI is InChI=1S/C9H14BrN5O2S/c1-6-5-18(16,17)3-2-15(6)8-7(10)4-12-9(13-8)14-11/h4,6H,2-3,5,11H2,1H3,(H,12,13,14). The number of nitrogen functional groups attached to an aromatic ring is 1. The molecule has 1 saturated heterocycles. The molecule has 1 aliphatic heterocycles. The van der Waals surface area contributed by atoms with Gasteiger partial charge in [-0.05, 0) is 22.9 Å². The lowest BCUT2D eigenvalue weighted by Crippen LogP contribution is -2.47. The van der Waals surface area contributed by atoms with E-state index in [2.05, 4.69) is 31.3 Å². The van der Waals surface area contributed by atoms with E-state index in [9.17, 15) is 8.42 Å². The molecule has 1 aromatic heterocycles. The fraction of sp³-hybridized carbons (Fsp3) is 0.556. The van der Waals surface area contributed by atoms with E-state index in [1.165, 1.54) is 0 Å². The van der Waals surface area contributed by atoms with Crippen LogP contribution in [-0.2, 0) is 9.84 Å². The van der Waals surface area contributed by atoms with Crippen LogP contribution in [0.5, 0.6) is 0 Å². The van der Waals surface area contributed by atoms with Crippen molar-refractivity contribution in [2.75, 3.05) is 28.4 Å². The van der Waals surface area contributed by atoms with Gasteiger partial charge >= 0.3 is 0 Å². The molecular weight excluding hydrogens is 322 g/mol. The number of aromatic nitrogens is 2. The van der Waals surface area contributed by atoms with Gasteiger partial charge in [0.25, 0.3) is 0 Å². The van der Waals surface area contributed by atoms with Crippen LogP contribution < -0.4 is 16.2 Å². The minimum Gasteiger partial charge on any atom is -0.351 e. The van der Waals surface area contributed by atoms with Crippen molar-refractivity contribution in [3.8, 4) is 0 Å². The normalized spacial score (nSPS) is 22.8. The first-order valence-electron chi connectivity index (χ1n) is 5.39. The molecule has 7 nitrogen and oxygen atoms in total. The lowest BCUT2D eigenvalue weighted by molar-refractivity contribution is 0.566. The molecule has 0 aromatic carbocycles. The number of anilines is 2. The van der Waals surface area contributed by atoms with Crippen LogP contribution in [-0.4, -0.2) is 42.5 Å². The van der Waals surface area contributed by atoms with Crippen molar-refractivity contribution in [1.29, 1.82) is 0 Å². The van der Waals surface area contributed by atoms with Crippen molar-refractivity contribution in [3.63, 3.8) is 0 Å². The van der Waals surface area contributed by atoms with E-state index in [0.29, 0.717) is 22.8 Å². The fourth-order valence-corrected chi connectivity index (χ4v) is 3.92. The molecule has 0 amide bonds. The second-order valence-electron chi connectivity index (χ2n) is 4.17. The molecule has 2 rings (SSSR count). The van der Waals surface area contributed by atoms with Gasteiger partial charge in [-0.25, -0.2) is 19.2 Å². The molecular formula is C9H14BrN5O2S. The van der Waals surface area contributed by atoms with Crippen molar-refractivity contribution in [2.45, 2.75) is 13.0 Å². The number of hydrogen-bond donors (Lipinski definition) is 2. The van der Waals surface area contributed by atoms with Crippen LogP contribution in [0.3, 0.4) is 0 Å². The SMILES string of the molecule is CC1CS(=O)(=O)CCN1c1nc(NN)ncc1Br. The molecule has 1 aliphatic rings. The average Bonchev–Trinajstić information content (AvgIpc) is 2.29. The highest BCUT2D eigenvalue weighted by Crippen LogP contribution is 2.27. The molecule has 3 N–H and O–H groups in total. The number of hydrogen-bond acceptors (Lipinski definition) is 7. The number of rotatable bonds is 2. The van der Waals surface area contributed by atoms with Crippen molar-refractivity contribution >= 4 is 37.5 Å². The van der Waals surface area contributed by atoms with Gasteiger partial charge in [0.2, 0.25) is 5.95 Å². The van der Waals surface area contributed by atoms with Crippen molar-refractivity contribution in [2.24, 2.45) is 5.84 Å². The quantitative estimate of drug-likeness (QED) is 0.585. The molecule has 2 heterocycles. The monoisotopic (exact) mass is 335 g/mol. The summed E-state index contributed by atoms with van der Waals surface area (Å²) in [5, 5.41) is 0. The Morgan fingerprint density at radius 1 is 1.61 bits per heavy atom. The zero-order valence-electron chi connectivity index (χ0n) is 9.80. The van der Waals surface area contributed by atoms with Crippen molar-refractivity contribution in [1.82, 2.24) is 9.97 Å². The zero-order valence-corrected chi connectivity index (χ0v) is 12.2. The summed E-state index contributed by atoms with van der Waals surface area (Å²) in [7, 11) is -2.94. The molecule has 0 bridgehead atoms. The van der Waals surface area contributed by atoms with Crippen LogP contribution in [0.4, 0.5) is 11.8 Å². The maximum atomic E-state index is 11.5. The van der Waals surface area contributed by atoms with Crippen LogP contribution in [0, 0.1) is 0 Å². The Kier molecular flexibility index (Phi) is 3.74. The van der Waals surface area contributed by atoms with Gasteiger partial charge < -0.3 is 4.90 Å². The van der Waals surface area contributed by atoms with Gasteiger partial charge in [-0.2, -0.15) is 4.98 Å². The fourth-order valence-electron chi connectivity index (χ4n) is 1.94. The highest BCUT2D eigenvalue weighted by Gasteiger charge is 2.30. The largest absolute Gasteiger partial charge is 0.351 e. The highest BCUT2D eigenvalue weighted by atomic mass is 79.9. The van der Waals surface area contributed by atoms with Gasteiger partial charge in [-0.3, -0.25) is 5.43 Å². The van der Waals surface area contributed by atoms with E-state index in [1.54, 1.807) is 6.20 Å². The molecule has 1 aromatic rings. The van der Waals surface area contributed by atoms with E-state index < -0.39 is 9.84 Å². The van der Waals surface area contributed by atoms with Crippen LogP contribution >= 0.6 is 15.9 Å². The summed E-state index contributed by atoms with van der Waals surface area (Å²) >= 11 is 3.37. The second-order valence-corrected chi connectivity index (χ2v) is 7.25. The first kappa shape index (κ1) is 13.5. The molecule has 100 valence electrons. The number of nitrogens with one attached hydrogen (secondary N) is 1. The Bertz CT molecular complexity index is 550. The Hall–Kier alpha value is -0.930. The summed E-state index contributed by atoms with van der Waals surface area (Å²) in [6, 6.07) is -0.124. The first-order chi connectivity index (χ1) is 8.43. The third-order valence-electron chi connectivity index (χ3n) is 2.80. The van der Waals surface area contributed by atoms with E-state index >= 15 is 0 Å². The van der Waals surface area contributed by atoms with E-state index in [1.807, 2.05) is 11.8 Å². The van der Waals surface area contributed by atoms with Gasteiger partial charge in [-0.1, -0.05) is 0 Å². The zero-order chi connectivity index (χ0) is 13.3. The maximum Gasteiger partial charge on any atom is 0.239 e. The second kappa shape index (κ2) is 4.98. The van der Waals surface area contributed by atoms with Gasteiger partial charge in [0.15, 0.2) is 9.84 Å². The molecule has 0 aliphatic carbocycles.